The highest BCUT2D eigenvalue weighted by Crippen LogP contribution is 2.23. The first kappa shape index (κ1) is 18.9. The van der Waals surface area contributed by atoms with Crippen molar-refractivity contribution in [2.75, 3.05) is 10.6 Å². The predicted octanol–water partition coefficient (Wildman–Crippen LogP) is 2.17. The van der Waals surface area contributed by atoms with Crippen molar-refractivity contribution >= 4 is 21.6 Å². The van der Waals surface area contributed by atoms with Gasteiger partial charge in [-0.3, -0.25) is 14.1 Å². The van der Waals surface area contributed by atoms with Crippen LogP contribution in [0, 0.1) is 13.8 Å². The minimum absolute atomic E-state index is 0.293. The topological polar surface area (TPSA) is 79.4 Å². The summed E-state index contributed by atoms with van der Waals surface area (Å²) in [7, 11) is -3.62. The predicted molar refractivity (Wildman–Crippen MR) is 98.8 cm³/mol. The van der Waals surface area contributed by atoms with Gasteiger partial charge in [-0.15, -0.1) is 0 Å². The Morgan fingerprint density at radius 3 is 2.40 bits per heavy atom. The Labute approximate surface area is 148 Å². The third kappa shape index (κ3) is 5.03. The molecule has 0 spiro atoms. The molecule has 7 heteroatoms. The van der Waals surface area contributed by atoms with Crippen molar-refractivity contribution in [3.05, 3.63) is 59.4 Å². The molecule has 0 aliphatic rings. The van der Waals surface area contributed by atoms with E-state index in [4.69, 9.17) is 0 Å². The fourth-order valence-electron chi connectivity index (χ4n) is 2.73. The van der Waals surface area contributed by atoms with E-state index in [-0.39, 0.29) is 5.91 Å². The summed E-state index contributed by atoms with van der Waals surface area (Å²) >= 11 is 0. The van der Waals surface area contributed by atoms with Gasteiger partial charge >= 0.3 is 0 Å². The smallest absolute Gasteiger partial charge is 0.243 e. The third-order valence-electron chi connectivity index (χ3n) is 3.74. The number of nitrogens with zero attached hydrogens (tertiary/aromatic N) is 2. The van der Waals surface area contributed by atoms with Crippen molar-refractivity contribution in [1.29, 1.82) is 0 Å². The van der Waals surface area contributed by atoms with Crippen LogP contribution in [-0.2, 0) is 21.4 Å². The van der Waals surface area contributed by atoms with Crippen molar-refractivity contribution in [2.45, 2.75) is 33.4 Å². The molecular weight excluding hydrogens is 338 g/mol. The number of aromatic nitrogens is 1. The third-order valence-corrected chi connectivity index (χ3v) is 4.98. The van der Waals surface area contributed by atoms with E-state index in [1.807, 2.05) is 26.0 Å². The molecule has 1 heterocycles. The molecule has 2 aromatic rings. The molecule has 134 valence electrons. The van der Waals surface area contributed by atoms with Crippen LogP contribution >= 0.6 is 0 Å². The van der Waals surface area contributed by atoms with Gasteiger partial charge in [0.15, 0.2) is 0 Å². The van der Waals surface area contributed by atoms with E-state index in [1.54, 1.807) is 37.5 Å². The average Bonchev–Trinajstić information content (AvgIpc) is 2.51. The zero-order chi connectivity index (χ0) is 18.6. The van der Waals surface area contributed by atoms with E-state index in [1.165, 1.54) is 0 Å². The fourth-order valence-corrected chi connectivity index (χ4v) is 3.88. The van der Waals surface area contributed by atoms with E-state index in [9.17, 15) is 13.2 Å². The molecule has 0 saturated carbocycles. The summed E-state index contributed by atoms with van der Waals surface area (Å²) in [5.41, 5.74) is 3.21. The largest absolute Gasteiger partial charge is 0.350 e. The summed E-state index contributed by atoms with van der Waals surface area (Å²) in [4.78, 5) is 16.5. The lowest BCUT2D eigenvalue weighted by Gasteiger charge is -2.28. The van der Waals surface area contributed by atoms with Gasteiger partial charge in [0.1, 0.15) is 6.04 Å². The number of carbonyl (C=O) groups excluding carboxylic acids is 1. The number of pyridine rings is 1. The maximum atomic E-state index is 12.5. The standard InChI is InChI=1S/C18H23N3O3S/c1-13-8-14(2)10-17(9-13)21(25(4,23)24)15(3)18(22)20-12-16-6-5-7-19-11-16/h5-11,15H,12H2,1-4H3,(H,20,22). The number of nitrogens with one attached hydrogen (secondary N) is 1. The van der Waals surface area contributed by atoms with Gasteiger partial charge < -0.3 is 5.32 Å². The number of anilines is 1. The SMILES string of the molecule is Cc1cc(C)cc(N(C(C)C(=O)NCc2cccnc2)S(C)(=O)=O)c1. The molecule has 6 nitrogen and oxygen atoms in total. The number of aryl methyl sites for hydroxylation is 2. The quantitative estimate of drug-likeness (QED) is 0.855. The Bertz CT molecular complexity index is 831. The molecule has 0 aliphatic carbocycles. The van der Waals surface area contributed by atoms with Crippen molar-refractivity contribution in [3.63, 3.8) is 0 Å². The van der Waals surface area contributed by atoms with Gasteiger partial charge in [0.2, 0.25) is 15.9 Å². The lowest BCUT2D eigenvalue weighted by Crippen LogP contribution is -2.47. The van der Waals surface area contributed by atoms with Gasteiger partial charge in [-0.1, -0.05) is 12.1 Å². The number of sulfonamides is 1. The van der Waals surface area contributed by atoms with Crippen LogP contribution in [0.2, 0.25) is 0 Å². The number of hydrogen-bond acceptors (Lipinski definition) is 4. The van der Waals surface area contributed by atoms with Crippen LogP contribution in [-0.4, -0.2) is 31.6 Å². The average molecular weight is 361 g/mol. The van der Waals surface area contributed by atoms with E-state index in [0.717, 1.165) is 27.3 Å². The van der Waals surface area contributed by atoms with Crippen molar-refractivity contribution in [2.24, 2.45) is 0 Å². The molecule has 0 saturated heterocycles. The summed E-state index contributed by atoms with van der Waals surface area (Å²) in [6.07, 6.45) is 4.41. The molecule has 0 bridgehead atoms. The van der Waals surface area contributed by atoms with Gasteiger partial charge in [-0.05, 0) is 55.7 Å². The molecule has 25 heavy (non-hydrogen) atoms. The van der Waals surface area contributed by atoms with Gasteiger partial charge in [0.25, 0.3) is 0 Å². The monoisotopic (exact) mass is 361 g/mol. The number of hydrogen-bond donors (Lipinski definition) is 1. The first-order valence-electron chi connectivity index (χ1n) is 7.93. The first-order chi connectivity index (χ1) is 11.7. The van der Waals surface area contributed by atoms with E-state index >= 15 is 0 Å². The maximum Gasteiger partial charge on any atom is 0.243 e. The summed E-state index contributed by atoms with van der Waals surface area (Å²) in [5.74, 6) is -0.367. The van der Waals surface area contributed by atoms with E-state index in [2.05, 4.69) is 10.3 Å². The Balaban J connectivity index is 2.24. The Morgan fingerprint density at radius 2 is 1.88 bits per heavy atom. The zero-order valence-corrected chi connectivity index (χ0v) is 15.7. The Morgan fingerprint density at radius 1 is 1.24 bits per heavy atom. The van der Waals surface area contributed by atoms with Crippen LogP contribution in [0.25, 0.3) is 0 Å². The van der Waals surface area contributed by atoms with Crippen LogP contribution in [0.5, 0.6) is 0 Å². The molecule has 0 fully saturated rings. The molecule has 0 radical (unpaired) electrons. The molecule has 1 unspecified atom stereocenters. The summed E-state index contributed by atoms with van der Waals surface area (Å²) in [5, 5.41) is 2.77. The number of amides is 1. The Hall–Kier alpha value is -2.41. The molecule has 2 rings (SSSR count). The molecule has 1 amide bonds. The second kappa shape index (κ2) is 7.65. The highest BCUT2D eigenvalue weighted by molar-refractivity contribution is 7.92. The summed E-state index contributed by atoms with van der Waals surface area (Å²) in [6, 6.07) is 8.24. The highest BCUT2D eigenvalue weighted by atomic mass is 32.2. The van der Waals surface area contributed by atoms with E-state index < -0.39 is 16.1 Å². The van der Waals surface area contributed by atoms with Crippen molar-refractivity contribution < 1.29 is 13.2 Å². The molecule has 0 aliphatic heterocycles. The molecular formula is C18H23N3O3S. The molecule has 1 atom stereocenters. The number of benzene rings is 1. The van der Waals surface area contributed by atoms with Crippen LogP contribution in [0.15, 0.2) is 42.7 Å². The second-order valence-corrected chi connectivity index (χ2v) is 8.02. The fraction of sp³-hybridized carbons (Fsp3) is 0.333. The number of carbonyl (C=O) groups is 1. The van der Waals surface area contributed by atoms with Gasteiger partial charge in [0.05, 0.1) is 11.9 Å². The second-order valence-electron chi connectivity index (χ2n) is 6.16. The maximum absolute atomic E-state index is 12.5. The normalized spacial score (nSPS) is 12.5. The van der Waals surface area contributed by atoms with Crippen LogP contribution in [0.4, 0.5) is 5.69 Å². The Kier molecular flexibility index (Phi) is 5.79. The van der Waals surface area contributed by atoms with Crippen molar-refractivity contribution in [3.8, 4) is 0 Å². The summed E-state index contributed by atoms with van der Waals surface area (Å²) in [6.45, 7) is 5.66. The minimum atomic E-state index is -3.62. The zero-order valence-electron chi connectivity index (χ0n) is 14.9. The summed E-state index contributed by atoms with van der Waals surface area (Å²) < 4.78 is 25.8. The lowest BCUT2D eigenvalue weighted by atomic mass is 10.1. The van der Waals surface area contributed by atoms with Gasteiger partial charge in [-0.25, -0.2) is 8.42 Å². The van der Waals surface area contributed by atoms with Crippen molar-refractivity contribution in [1.82, 2.24) is 10.3 Å². The molecule has 1 aromatic carbocycles. The van der Waals surface area contributed by atoms with Crippen LogP contribution in [0.1, 0.15) is 23.6 Å². The first-order valence-corrected chi connectivity index (χ1v) is 9.77. The number of rotatable bonds is 6. The molecule has 1 N–H and O–H groups in total. The molecule has 1 aromatic heterocycles. The highest BCUT2D eigenvalue weighted by Gasteiger charge is 2.29. The minimum Gasteiger partial charge on any atom is -0.350 e. The lowest BCUT2D eigenvalue weighted by molar-refractivity contribution is -0.122. The van der Waals surface area contributed by atoms with Gasteiger partial charge in [0, 0.05) is 18.9 Å². The van der Waals surface area contributed by atoms with Crippen LogP contribution < -0.4 is 9.62 Å². The van der Waals surface area contributed by atoms with Gasteiger partial charge in [-0.2, -0.15) is 0 Å². The van der Waals surface area contributed by atoms with E-state index in [0.29, 0.717) is 12.2 Å². The van der Waals surface area contributed by atoms with Crippen LogP contribution in [0.3, 0.4) is 0 Å².